The van der Waals surface area contributed by atoms with Crippen LogP contribution in [0.2, 0.25) is 0 Å². The quantitative estimate of drug-likeness (QED) is 0.282. The van der Waals surface area contributed by atoms with Gasteiger partial charge in [0.15, 0.2) is 5.60 Å². The normalized spacial score (nSPS) is 26.0. The molecule has 3 atom stereocenters. The van der Waals surface area contributed by atoms with Crippen molar-refractivity contribution in [3.63, 3.8) is 0 Å². The van der Waals surface area contributed by atoms with E-state index in [0.29, 0.717) is 22.1 Å². The summed E-state index contributed by atoms with van der Waals surface area (Å²) in [6.07, 6.45) is -0.134. The lowest BCUT2D eigenvalue weighted by molar-refractivity contribution is -0.138. The average Bonchev–Trinajstić information content (AvgIpc) is 2.68. The summed E-state index contributed by atoms with van der Waals surface area (Å²) >= 11 is 0. The van der Waals surface area contributed by atoms with E-state index >= 15 is 0 Å². The summed E-state index contributed by atoms with van der Waals surface area (Å²) in [5.41, 5.74) is 8.43. The predicted molar refractivity (Wildman–Crippen MR) is 105 cm³/mol. The molecule has 2 aliphatic rings. The standard InChI is InChI=1S/C21H20N2O7/c1-6-3-4-8-7(2)9-5-10-14(22)17(26)13(20(23)29)19(28)21(10,30)18(27)12(9)16(25)11(8)15(6)24/h3-4,10,14,24-26,30H,5,22H2,1-2H3,(H2,23,29). The number of carbonyl (C=O) groups is 3. The van der Waals surface area contributed by atoms with Gasteiger partial charge in [-0.2, -0.15) is 0 Å². The van der Waals surface area contributed by atoms with Crippen molar-refractivity contribution in [1.82, 2.24) is 0 Å². The molecule has 9 nitrogen and oxygen atoms in total. The van der Waals surface area contributed by atoms with Crippen molar-refractivity contribution in [2.75, 3.05) is 0 Å². The first-order chi connectivity index (χ1) is 13.9. The summed E-state index contributed by atoms with van der Waals surface area (Å²) in [5.74, 6) is -6.73. The van der Waals surface area contributed by atoms with E-state index in [1.54, 1.807) is 26.0 Å². The number of hydrogen-bond donors (Lipinski definition) is 6. The van der Waals surface area contributed by atoms with Gasteiger partial charge in [-0.1, -0.05) is 12.1 Å². The monoisotopic (exact) mass is 412 g/mol. The van der Waals surface area contributed by atoms with Crippen LogP contribution in [0.25, 0.3) is 10.8 Å². The van der Waals surface area contributed by atoms with Gasteiger partial charge in [0.25, 0.3) is 5.91 Å². The third-order valence-corrected chi connectivity index (χ3v) is 6.37. The summed E-state index contributed by atoms with van der Waals surface area (Å²) < 4.78 is 0. The highest BCUT2D eigenvalue weighted by molar-refractivity contribution is 6.33. The molecule has 0 bridgehead atoms. The third-order valence-electron chi connectivity index (χ3n) is 6.37. The Morgan fingerprint density at radius 3 is 2.33 bits per heavy atom. The van der Waals surface area contributed by atoms with Gasteiger partial charge in [0.05, 0.1) is 17.0 Å². The number of fused-ring (bicyclic) bond motifs is 3. The van der Waals surface area contributed by atoms with E-state index in [1.165, 1.54) is 0 Å². The Hall–Kier alpha value is -3.43. The number of Topliss-reactive ketones (excluding diaryl/α,β-unsaturated/α-hetero) is 2. The molecular weight excluding hydrogens is 392 g/mol. The minimum absolute atomic E-state index is 0.0164. The number of aliphatic hydroxyl groups is 2. The van der Waals surface area contributed by atoms with Crippen LogP contribution in [0.1, 0.15) is 27.0 Å². The van der Waals surface area contributed by atoms with Crippen molar-refractivity contribution in [2.45, 2.75) is 31.9 Å². The van der Waals surface area contributed by atoms with Gasteiger partial charge in [-0.3, -0.25) is 14.4 Å². The van der Waals surface area contributed by atoms with Crippen LogP contribution in [0.3, 0.4) is 0 Å². The van der Waals surface area contributed by atoms with Crippen molar-refractivity contribution in [3.05, 3.63) is 45.7 Å². The Morgan fingerprint density at radius 2 is 1.73 bits per heavy atom. The van der Waals surface area contributed by atoms with Crippen LogP contribution in [0.15, 0.2) is 23.5 Å². The van der Waals surface area contributed by atoms with Gasteiger partial charge in [0, 0.05) is 5.92 Å². The molecule has 0 saturated carbocycles. The minimum atomic E-state index is -2.79. The Bertz CT molecular complexity index is 1230. The molecule has 0 heterocycles. The maximum absolute atomic E-state index is 13.4. The van der Waals surface area contributed by atoms with Gasteiger partial charge in [-0.15, -0.1) is 0 Å². The highest BCUT2D eigenvalue weighted by Crippen LogP contribution is 2.49. The van der Waals surface area contributed by atoms with E-state index < -0.39 is 52.1 Å². The predicted octanol–water partition coefficient (Wildman–Crippen LogP) is 0.161. The average molecular weight is 412 g/mol. The summed E-state index contributed by atoms with van der Waals surface area (Å²) in [6, 6.07) is 1.93. The summed E-state index contributed by atoms with van der Waals surface area (Å²) in [5, 5.41) is 43.3. The third kappa shape index (κ3) is 2.16. The van der Waals surface area contributed by atoms with Crippen LogP contribution in [0.4, 0.5) is 0 Å². The smallest absolute Gasteiger partial charge is 0.255 e. The van der Waals surface area contributed by atoms with Gasteiger partial charge >= 0.3 is 0 Å². The number of aliphatic hydroxyl groups excluding tert-OH is 1. The number of carbonyl (C=O) groups excluding carboxylic acids is 3. The molecule has 4 rings (SSSR count). The topological polar surface area (TPSA) is 184 Å². The Kier molecular flexibility index (Phi) is 4.00. The van der Waals surface area contributed by atoms with Crippen LogP contribution >= 0.6 is 0 Å². The molecule has 0 aliphatic heterocycles. The maximum Gasteiger partial charge on any atom is 0.255 e. The molecule has 9 heteroatoms. The number of rotatable bonds is 1. The second-order valence-corrected chi connectivity index (χ2v) is 7.87. The number of aromatic hydroxyl groups is 2. The van der Waals surface area contributed by atoms with Crippen molar-refractivity contribution < 1.29 is 34.8 Å². The van der Waals surface area contributed by atoms with Gasteiger partial charge in [-0.25, -0.2) is 0 Å². The molecule has 1 amide bonds. The van der Waals surface area contributed by atoms with Crippen LogP contribution < -0.4 is 11.5 Å². The van der Waals surface area contributed by atoms with Gasteiger partial charge in [-0.05, 0) is 42.3 Å². The van der Waals surface area contributed by atoms with Gasteiger partial charge in [0.1, 0.15) is 22.8 Å². The van der Waals surface area contributed by atoms with Crippen LogP contribution in [-0.2, 0) is 16.0 Å². The molecule has 0 spiro atoms. The molecular formula is C21H20N2O7. The van der Waals surface area contributed by atoms with E-state index in [-0.39, 0.29) is 23.1 Å². The first kappa shape index (κ1) is 19.9. The second kappa shape index (κ2) is 6.04. The molecule has 2 aromatic rings. The Labute approximate surface area is 170 Å². The van der Waals surface area contributed by atoms with Crippen LogP contribution in [-0.4, -0.2) is 49.5 Å². The fourth-order valence-electron chi connectivity index (χ4n) is 4.65. The first-order valence-electron chi connectivity index (χ1n) is 9.21. The van der Waals surface area contributed by atoms with E-state index in [4.69, 9.17) is 11.5 Å². The number of nitrogens with two attached hydrogens (primary N) is 2. The number of phenols is 2. The number of phenolic OH excluding ortho intramolecular Hbond substituents is 2. The first-order valence-corrected chi connectivity index (χ1v) is 9.21. The number of primary amides is 1. The SMILES string of the molecule is Cc1ccc2c(C)c3c(c(O)c2c1O)C(=O)C1(O)C(=O)C(C(N)=O)=C(O)C(N)C1C3. The van der Waals surface area contributed by atoms with Crippen molar-refractivity contribution in [3.8, 4) is 11.5 Å². The lowest BCUT2D eigenvalue weighted by atomic mass is 9.61. The molecule has 0 saturated heterocycles. The van der Waals surface area contributed by atoms with Crippen LogP contribution in [0.5, 0.6) is 11.5 Å². The maximum atomic E-state index is 13.4. The van der Waals surface area contributed by atoms with E-state index in [0.717, 1.165) is 0 Å². The number of amides is 1. The van der Waals surface area contributed by atoms with Crippen molar-refractivity contribution in [1.29, 1.82) is 0 Å². The van der Waals surface area contributed by atoms with Crippen LogP contribution in [0, 0.1) is 19.8 Å². The molecule has 0 fully saturated rings. The largest absolute Gasteiger partial charge is 0.510 e. The molecule has 2 aliphatic carbocycles. The van der Waals surface area contributed by atoms with E-state index in [1.807, 2.05) is 0 Å². The highest BCUT2D eigenvalue weighted by Gasteiger charge is 2.62. The lowest BCUT2D eigenvalue weighted by Gasteiger charge is -2.44. The zero-order chi connectivity index (χ0) is 22.3. The zero-order valence-electron chi connectivity index (χ0n) is 16.2. The molecule has 0 aromatic heterocycles. The fraction of sp³-hybridized carbons (Fsp3) is 0.286. The fourth-order valence-corrected chi connectivity index (χ4v) is 4.65. The van der Waals surface area contributed by atoms with Gasteiger partial charge in [0.2, 0.25) is 11.6 Å². The molecule has 156 valence electrons. The van der Waals surface area contributed by atoms with Crippen molar-refractivity contribution in [2.24, 2.45) is 17.4 Å². The van der Waals surface area contributed by atoms with E-state index in [2.05, 4.69) is 0 Å². The number of ketones is 2. The number of hydrogen-bond acceptors (Lipinski definition) is 8. The summed E-state index contributed by atoms with van der Waals surface area (Å²) in [4.78, 5) is 38.0. The Balaban J connectivity index is 2.07. The summed E-state index contributed by atoms with van der Waals surface area (Å²) in [7, 11) is 0. The second-order valence-electron chi connectivity index (χ2n) is 7.87. The summed E-state index contributed by atoms with van der Waals surface area (Å²) in [6.45, 7) is 3.29. The molecule has 0 radical (unpaired) electrons. The lowest BCUT2D eigenvalue weighted by Crippen LogP contribution is -2.65. The Morgan fingerprint density at radius 1 is 1.10 bits per heavy atom. The van der Waals surface area contributed by atoms with Crippen molar-refractivity contribution >= 4 is 28.2 Å². The minimum Gasteiger partial charge on any atom is -0.510 e. The number of aryl methyl sites for hydroxylation is 2. The zero-order valence-corrected chi connectivity index (χ0v) is 16.2. The molecule has 2 aromatic carbocycles. The van der Waals surface area contributed by atoms with Gasteiger partial charge < -0.3 is 31.9 Å². The number of benzene rings is 2. The highest BCUT2D eigenvalue weighted by atomic mass is 16.3. The van der Waals surface area contributed by atoms with E-state index in [9.17, 15) is 34.8 Å². The molecule has 8 N–H and O–H groups in total. The molecule has 3 unspecified atom stereocenters. The molecule has 30 heavy (non-hydrogen) atoms.